The fraction of sp³-hybridized carbons (Fsp3) is 0.462. The molecule has 0 unspecified atom stereocenters. The molecule has 0 saturated carbocycles. The monoisotopic (exact) mass is 243 g/mol. The topological polar surface area (TPSA) is 55.6 Å². The van der Waals surface area contributed by atoms with E-state index in [9.17, 15) is 0 Å². The molecule has 0 aliphatic heterocycles. The Morgan fingerprint density at radius 2 is 2.00 bits per heavy atom. The smallest absolute Gasteiger partial charge is 0.165 e. The summed E-state index contributed by atoms with van der Waals surface area (Å²) in [6, 6.07) is 8.96. The molecule has 0 spiro atoms. The Hall–Kier alpha value is -1.75. The molecule has 18 heavy (non-hydrogen) atoms. The summed E-state index contributed by atoms with van der Waals surface area (Å²) in [5.74, 6) is 0.926. The van der Waals surface area contributed by atoms with Gasteiger partial charge in [-0.1, -0.05) is 31.2 Å². The van der Waals surface area contributed by atoms with Crippen LogP contribution in [0.3, 0.4) is 0 Å². The normalized spacial score (nSPS) is 14.9. The van der Waals surface area contributed by atoms with Gasteiger partial charge >= 0.3 is 0 Å². The van der Waals surface area contributed by atoms with E-state index in [1.54, 1.807) is 0 Å². The third kappa shape index (κ3) is 2.01. The highest BCUT2D eigenvalue weighted by Crippen LogP contribution is 2.29. The molecule has 0 saturated heterocycles. The van der Waals surface area contributed by atoms with Crippen molar-refractivity contribution in [1.82, 2.24) is 25.5 Å². The van der Waals surface area contributed by atoms with E-state index in [0.29, 0.717) is 6.04 Å². The molecular formula is C13H17N5. The van der Waals surface area contributed by atoms with Crippen molar-refractivity contribution in [3.8, 4) is 0 Å². The second-order valence-corrected chi connectivity index (χ2v) is 4.65. The van der Waals surface area contributed by atoms with Crippen molar-refractivity contribution in [2.75, 3.05) is 6.54 Å². The van der Waals surface area contributed by atoms with Crippen molar-refractivity contribution in [3.63, 3.8) is 0 Å². The molecule has 3 rings (SSSR count). The zero-order chi connectivity index (χ0) is 12.4. The highest BCUT2D eigenvalue weighted by Gasteiger charge is 2.25. The lowest BCUT2D eigenvalue weighted by molar-refractivity contribution is 0.438. The number of benzene rings is 1. The summed E-state index contributed by atoms with van der Waals surface area (Å²) in [5.41, 5.74) is 2.85. The predicted octanol–water partition coefficient (Wildman–Crippen LogP) is 1.12. The van der Waals surface area contributed by atoms with Crippen LogP contribution in [-0.4, -0.2) is 26.8 Å². The molecule has 1 heterocycles. The van der Waals surface area contributed by atoms with Gasteiger partial charge in [-0.05, 0) is 40.9 Å². The van der Waals surface area contributed by atoms with E-state index in [4.69, 9.17) is 0 Å². The van der Waals surface area contributed by atoms with Gasteiger partial charge in [-0.2, -0.15) is 0 Å². The lowest BCUT2D eigenvalue weighted by Gasteiger charge is -2.11. The zero-order valence-corrected chi connectivity index (χ0v) is 10.5. The van der Waals surface area contributed by atoms with Crippen LogP contribution < -0.4 is 5.32 Å². The Morgan fingerprint density at radius 1 is 1.28 bits per heavy atom. The second-order valence-electron chi connectivity index (χ2n) is 4.65. The maximum Gasteiger partial charge on any atom is 0.165 e. The lowest BCUT2D eigenvalue weighted by atomic mass is 10.1. The van der Waals surface area contributed by atoms with Crippen LogP contribution in [0.1, 0.15) is 29.9 Å². The van der Waals surface area contributed by atoms with E-state index in [1.807, 2.05) is 4.68 Å². The lowest BCUT2D eigenvalue weighted by Crippen LogP contribution is -2.20. The van der Waals surface area contributed by atoms with Crippen LogP contribution in [0.4, 0.5) is 0 Å². The maximum absolute atomic E-state index is 4.15. The number of nitrogens with zero attached hydrogens (tertiary/aromatic N) is 4. The molecule has 0 fully saturated rings. The van der Waals surface area contributed by atoms with E-state index >= 15 is 0 Å². The van der Waals surface area contributed by atoms with Crippen LogP contribution in [0.15, 0.2) is 24.3 Å². The average molecular weight is 243 g/mol. The van der Waals surface area contributed by atoms with Crippen LogP contribution in [0.2, 0.25) is 0 Å². The summed E-state index contributed by atoms with van der Waals surface area (Å²) in [4.78, 5) is 0. The van der Waals surface area contributed by atoms with E-state index in [0.717, 1.165) is 31.8 Å². The van der Waals surface area contributed by atoms with Gasteiger partial charge in [0.1, 0.15) is 0 Å². The van der Waals surface area contributed by atoms with Gasteiger partial charge in [0, 0.05) is 0 Å². The molecular weight excluding hydrogens is 226 g/mol. The van der Waals surface area contributed by atoms with Crippen LogP contribution >= 0.6 is 0 Å². The molecule has 1 aliphatic rings. The second kappa shape index (κ2) is 4.86. The van der Waals surface area contributed by atoms with Gasteiger partial charge in [-0.3, -0.25) is 0 Å². The number of aromatic nitrogens is 4. The van der Waals surface area contributed by atoms with Gasteiger partial charge in [-0.25, -0.2) is 4.68 Å². The van der Waals surface area contributed by atoms with Gasteiger partial charge in [0.2, 0.25) is 0 Å². The first-order chi connectivity index (χ1) is 8.88. The average Bonchev–Trinajstić information content (AvgIpc) is 3.01. The Labute approximate surface area is 106 Å². The summed E-state index contributed by atoms with van der Waals surface area (Å²) in [7, 11) is 0. The molecule has 5 heteroatoms. The van der Waals surface area contributed by atoms with E-state index in [-0.39, 0.29) is 0 Å². The first kappa shape index (κ1) is 11.3. The maximum atomic E-state index is 4.15. The quantitative estimate of drug-likeness (QED) is 0.874. The highest BCUT2D eigenvalue weighted by molar-refractivity contribution is 5.32. The summed E-state index contributed by atoms with van der Waals surface area (Å²) in [5, 5.41) is 15.3. The number of hydrogen-bond donors (Lipinski definition) is 1. The summed E-state index contributed by atoms with van der Waals surface area (Å²) >= 11 is 0. The van der Waals surface area contributed by atoms with Crippen LogP contribution in [0, 0.1) is 0 Å². The van der Waals surface area contributed by atoms with Crippen molar-refractivity contribution >= 4 is 0 Å². The molecule has 1 aromatic heterocycles. The minimum atomic E-state index is 0.367. The Bertz CT molecular complexity index is 509. The largest absolute Gasteiger partial charge is 0.310 e. The van der Waals surface area contributed by atoms with Gasteiger partial charge in [0.25, 0.3) is 0 Å². The first-order valence-electron chi connectivity index (χ1n) is 6.42. The molecule has 2 aromatic rings. The number of fused-ring (bicyclic) bond motifs is 1. The number of tetrazole rings is 1. The summed E-state index contributed by atoms with van der Waals surface area (Å²) in [6.07, 6.45) is 2.06. The Kier molecular flexibility index (Phi) is 3.06. The van der Waals surface area contributed by atoms with Crippen molar-refractivity contribution in [2.24, 2.45) is 0 Å². The molecule has 94 valence electrons. The molecule has 5 nitrogen and oxygen atoms in total. The molecule has 0 radical (unpaired) electrons. The zero-order valence-electron chi connectivity index (χ0n) is 10.5. The standard InChI is InChI=1S/C13H17N5/c1-2-14-9-13-15-16-17-18(13)12-7-10-5-3-4-6-11(10)8-12/h3-6,12,14H,2,7-9H2,1H3. The fourth-order valence-corrected chi connectivity index (χ4v) is 2.56. The van der Waals surface area contributed by atoms with Crippen molar-refractivity contribution in [2.45, 2.75) is 32.4 Å². The number of rotatable bonds is 4. The molecule has 0 bridgehead atoms. The molecule has 0 atom stereocenters. The van der Waals surface area contributed by atoms with Crippen LogP contribution in [0.5, 0.6) is 0 Å². The molecule has 1 aliphatic carbocycles. The molecule has 0 amide bonds. The Morgan fingerprint density at radius 3 is 2.67 bits per heavy atom. The van der Waals surface area contributed by atoms with Crippen LogP contribution in [0.25, 0.3) is 0 Å². The van der Waals surface area contributed by atoms with Gasteiger partial charge in [-0.15, -0.1) is 5.10 Å². The third-order valence-corrected chi connectivity index (χ3v) is 3.47. The van der Waals surface area contributed by atoms with Gasteiger partial charge < -0.3 is 5.32 Å². The molecule has 1 aromatic carbocycles. The summed E-state index contributed by atoms with van der Waals surface area (Å²) in [6.45, 7) is 3.74. The third-order valence-electron chi connectivity index (χ3n) is 3.47. The first-order valence-corrected chi connectivity index (χ1v) is 6.42. The van der Waals surface area contributed by atoms with Crippen molar-refractivity contribution in [3.05, 3.63) is 41.2 Å². The fourth-order valence-electron chi connectivity index (χ4n) is 2.56. The van der Waals surface area contributed by atoms with Gasteiger partial charge in [0.05, 0.1) is 12.6 Å². The van der Waals surface area contributed by atoms with Crippen molar-refractivity contribution < 1.29 is 0 Å². The van der Waals surface area contributed by atoms with E-state index in [1.165, 1.54) is 11.1 Å². The van der Waals surface area contributed by atoms with E-state index < -0.39 is 0 Å². The van der Waals surface area contributed by atoms with Gasteiger partial charge in [0.15, 0.2) is 5.82 Å². The number of nitrogens with one attached hydrogen (secondary N) is 1. The minimum absolute atomic E-state index is 0.367. The van der Waals surface area contributed by atoms with Crippen molar-refractivity contribution in [1.29, 1.82) is 0 Å². The van der Waals surface area contributed by atoms with Crippen LogP contribution in [-0.2, 0) is 19.4 Å². The number of hydrogen-bond acceptors (Lipinski definition) is 4. The Balaban J connectivity index is 1.80. The van der Waals surface area contributed by atoms with E-state index in [2.05, 4.69) is 52.0 Å². The highest BCUT2D eigenvalue weighted by atomic mass is 15.6. The molecule has 1 N–H and O–H groups in total. The SMILES string of the molecule is CCNCc1nnnn1C1Cc2ccccc2C1. The minimum Gasteiger partial charge on any atom is -0.310 e. The predicted molar refractivity (Wildman–Crippen MR) is 68.1 cm³/mol. The summed E-state index contributed by atoms with van der Waals surface area (Å²) < 4.78 is 1.97.